The van der Waals surface area contributed by atoms with Gasteiger partial charge in [0, 0.05) is 10.8 Å². The predicted octanol–water partition coefficient (Wildman–Crippen LogP) is 3.44. The average molecular weight is 325 g/mol. The molecular formula is C19H21N2O3+. The Kier molecular flexibility index (Phi) is 4.01. The summed E-state index contributed by atoms with van der Waals surface area (Å²) >= 11 is 0. The predicted molar refractivity (Wildman–Crippen MR) is 91.7 cm³/mol. The van der Waals surface area contributed by atoms with E-state index in [4.69, 9.17) is 9.57 Å². The Morgan fingerprint density at radius 3 is 2.46 bits per heavy atom. The highest BCUT2D eigenvalue weighted by Gasteiger charge is 2.24. The molecule has 2 heterocycles. The Labute approximate surface area is 141 Å². The molecule has 0 spiro atoms. The first-order valence-corrected chi connectivity index (χ1v) is 7.79. The molecule has 5 nitrogen and oxygen atoms in total. The zero-order valence-electron chi connectivity index (χ0n) is 14.3. The molecule has 0 radical (unpaired) electrons. The first kappa shape index (κ1) is 16.1. The highest BCUT2D eigenvalue weighted by atomic mass is 16.6. The van der Waals surface area contributed by atoms with Gasteiger partial charge in [-0.15, -0.1) is 0 Å². The molecule has 3 rings (SSSR count). The van der Waals surface area contributed by atoms with Crippen LogP contribution in [-0.4, -0.2) is 23.4 Å². The van der Waals surface area contributed by atoms with Crippen molar-refractivity contribution in [1.82, 2.24) is 4.57 Å². The van der Waals surface area contributed by atoms with E-state index in [1.54, 1.807) is 22.6 Å². The number of ether oxygens (including phenoxy) is 1. The van der Waals surface area contributed by atoms with Gasteiger partial charge in [0.15, 0.2) is 0 Å². The Morgan fingerprint density at radius 1 is 1.12 bits per heavy atom. The van der Waals surface area contributed by atoms with E-state index in [2.05, 4.69) is 0 Å². The van der Waals surface area contributed by atoms with Crippen molar-refractivity contribution in [2.75, 3.05) is 7.11 Å². The molecular weight excluding hydrogens is 304 g/mol. The summed E-state index contributed by atoms with van der Waals surface area (Å²) in [6.07, 6.45) is 3.20. The standard InChI is InChI=1S/C19H21N2O3/c1-19(2,3)24-18(22)21-16-10-11-20(23-4)13-15(16)12-17(21)14-8-6-5-7-9-14/h5-13H,1-4H3/q+1. The van der Waals surface area contributed by atoms with Crippen molar-refractivity contribution in [3.05, 3.63) is 54.9 Å². The molecule has 0 saturated heterocycles. The first-order chi connectivity index (χ1) is 11.4. The maximum Gasteiger partial charge on any atom is 0.419 e. The van der Waals surface area contributed by atoms with Crippen molar-refractivity contribution in [2.45, 2.75) is 26.4 Å². The number of hydrogen-bond acceptors (Lipinski definition) is 3. The number of fused-ring (bicyclic) bond motifs is 1. The van der Waals surface area contributed by atoms with Crippen LogP contribution in [0.1, 0.15) is 20.8 Å². The van der Waals surface area contributed by atoms with Gasteiger partial charge in [-0.3, -0.25) is 4.84 Å². The van der Waals surface area contributed by atoms with Crippen molar-refractivity contribution in [3.63, 3.8) is 0 Å². The number of carbonyl (C=O) groups is 1. The van der Waals surface area contributed by atoms with Crippen molar-refractivity contribution in [1.29, 1.82) is 0 Å². The van der Waals surface area contributed by atoms with E-state index in [1.807, 2.05) is 69.4 Å². The quantitative estimate of drug-likeness (QED) is 0.678. The van der Waals surface area contributed by atoms with Crippen LogP contribution in [0.3, 0.4) is 0 Å². The maximum atomic E-state index is 12.8. The Bertz CT molecular complexity index is 877. The van der Waals surface area contributed by atoms with Gasteiger partial charge in [-0.2, -0.15) is 0 Å². The molecule has 0 amide bonds. The first-order valence-electron chi connectivity index (χ1n) is 7.79. The van der Waals surface area contributed by atoms with E-state index in [0.29, 0.717) is 0 Å². The minimum Gasteiger partial charge on any atom is -0.443 e. The van der Waals surface area contributed by atoms with E-state index >= 15 is 0 Å². The lowest BCUT2D eigenvalue weighted by Crippen LogP contribution is -2.39. The van der Waals surface area contributed by atoms with E-state index in [1.165, 1.54) is 0 Å². The minimum atomic E-state index is -0.567. The molecule has 5 heteroatoms. The number of rotatable bonds is 2. The van der Waals surface area contributed by atoms with Crippen LogP contribution in [-0.2, 0) is 4.74 Å². The van der Waals surface area contributed by atoms with Crippen LogP contribution in [0, 0.1) is 0 Å². The number of nitrogens with zero attached hydrogens (tertiary/aromatic N) is 2. The van der Waals surface area contributed by atoms with Crippen molar-refractivity contribution >= 4 is 17.0 Å². The summed E-state index contributed by atoms with van der Waals surface area (Å²) < 4.78 is 8.80. The largest absolute Gasteiger partial charge is 0.443 e. The van der Waals surface area contributed by atoms with Gasteiger partial charge in [0.05, 0.1) is 16.6 Å². The number of hydrogen-bond donors (Lipinski definition) is 0. The summed E-state index contributed by atoms with van der Waals surface area (Å²) in [5.74, 6) is 0. The summed E-state index contributed by atoms with van der Waals surface area (Å²) in [7, 11) is 1.59. The zero-order chi connectivity index (χ0) is 17.3. The highest BCUT2D eigenvalue weighted by Crippen LogP contribution is 2.28. The van der Waals surface area contributed by atoms with Gasteiger partial charge in [-0.1, -0.05) is 30.3 Å². The van der Waals surface area contributed by atoms with Crippen LogP contribution in [0.25, 0.3) is 22.2 Å². The highest BCUT2D eigenvalue weighted by molar-refractivity contribution is 5.95. The van der Waals surface area contributed by atoms with E-state index in [9.17, 15) is 4.79 Å². The van der Waals surface area contributed by atoms with E-state index in [-0.39, 0.29) is 0 Å². The Balaban J connectivity index is 2.21. The molecule has 0 N–H and O–H groups in total. The number of benzene rings is 1. The van der Waals surface area contributed by atoms with Crippen LogP contribution in [0.4, 0.5) is 4.79 Å². The summed E-state index contributed by atoms with van der Waals surface area (Å²) in [6, 6.07) is 13.6. The van der Waals surface area contributed by atoms with Gasteiger partial charge in [-0.25, -0.2) is 9.36 Å². The second-order valence-electron chi connectivity index (χ2n) is 6.54. The molecule has 0 bridgehead atoms. The van der Waals surface area contributed by atoms with Crippen LogP contribution < -0.4 is 9.57 Å². The van der Waals surface area contributed by atoms with Gasteiger partial charge in [0.25, 0.3) is 0 Å². The summed E-state index contributed by atoms with van der Waals surface area (Å²) in [6.45, 7) is 5.58. The minimum absolute atomic E-state index is 0.397. The fourth-order valence-electron chi connectivity index (χ4n) is 2.58. The SMILES string of the molecule is CO[n+]1ccc2c(cc(-c3ccccc3)n2C(=O)OC(C)(C)C)c1. The molecule has 0 atom stereocenters. The number of pyridine rings is 1. The second kappa shape index (κ2) is 6.00. The zero-order valence-corrected chi connectivity index (χ0v) is 14.3. The number of aromatic nitrogens is 2. The molecule has 0 unspecified atom stereocenters. The molecule has 0 fully saturated rings. The smallest absolute Gasteiger partial charge is 0.419 e. The Hall–Kier alpha value is -2.82. The fraction of sp³-hybridized carbons (Fsp3) is 0.263. The van der Waals surface area contributed by atoms with E-state index in [0.717, 1.165) is 22.2 Å². The average Bonchev–Trinajstić information content (AvgIpc) is 2.92. The van der Waals surface area contributed by atoms with Gasteiger partial charge < -0.3 is 4.74 Å². The summed E-state index contributed by atoms with van der Waals surface area (Å²) in [5.41, 5.74) is 1.94. The summed E-state index contributed by atoms with van der Waals surface area (Å²) in [4.78, 5) is 18.0. The Morgan fingerprint density at radius 2 is 1.83 bits per heavy atom. The third-order valence-electron chi connectivity index (χ3n) is 3.57. The van der Waals surface area contributed by atoms with Gasteiger partial charge in [0.1, 0.15) is 12.7 Å². The normalized spacial score (nSPS) is 11.5. The van der Waals surface area contributed by atoms with Crippen LogP contribution in [0.5, 0.6) is 0 Å². The third-order valence-corrected chi connectivity index (χ3v) is 3.57. The topological polar surface area (TPSA) is 44.3 Å². The molecule has 0 aliphatic heterocycles. The molecule has 2 aromatic heterocycles. The molecule has 0 saturated carbocycles. The molecule has 1 aromatic carbocycles. The van der Waals surface area contributed by atoms with Gasteiger partial charge in [0.2, 0.25) is 12.4 Å². The molecule has 0 aliphatic rings. The fourth-order valence-corrected chi connectivity index (χ4v) is 2.58. The van der Waals surface area contributed by atoms with Gasteiger partial charge >= 0.3 is 6.09 Å². The summed E-state index contributed by atoms with van der Waals surface area (Å²) in [5, 5.41) is 0.893. The third kappa shape index (κ3) is 3.11. The van der Waals surface area contributed by atoms with Crippen molar-refractivity contribution < 1.29 is 19.1 Å². The lowest BCUT2D eigenvalue weighted by Gasteiger charge is -2.21. The van der Waals surface area contributed by atoms with Crippen molar-refractivity contribution in [2.24, 2.45) is 0 Å². The van der Waals surface area contributed by atoms with Crippen LogP contribution in [0.2, 0.25) is 0 Å². The lowest BCUT2D eigenvalue weighted by molar-refractivity contribution is -0.884. The molecule has 0 aliphatic carbocycles. The van der Waals surface area contributed by atoms with Crippen LogP contribution in [0.15, 0.2) is 54.9 Å². The molecule has 124 valence electrons. The van der Waals surface area contributed by atoms with E-state index < -0.39 is 11.7 Å². The van der Waals surface area contributed by atoms with Crippen molar-refractivity contribution in [3.8, 4) is 11.3 Å². The lowest BCUT2D eigenvalue weighted by atomic mass is 10.1. The van der Waals surface area contributed by atoms with Gasteiger partial charge in [-0.05, 0) is 32.4 Å². The molecule has 3 aromatic rings. The maximum absolute atomic E-state index is 12.8. The monoisotopic (exact) mass is 325 g/mol. The molecule has 24 heavy (non-hydrogen) atoms. The second-order valence-corrected chi connectivity index (χ2v) is 6.54. The van der Waals surface area contributed by atoms with Crippen LogP contribution >= 0.6 is 0 Å². The number of carbonyl (C=O) groups excluding carboxylic acids is 1.